The highest BCUT2D eigenvalue weighted by molar-refractivity contribution is 5.99. The van der Waals surface area contributed by atoms with Gasteiger partial charge in [-0.05, 0) is 44.5 Å². The monoisotopic (exact) mass is 444 g/mol. The highest BCUT2D eigenvalue weighted by atomic mass is 16.5. The molecule has 1 aliphatic rings. The minimum Gasteiger partial charge on any atom is -0.496 e. The van der Waals surface area contributed by atoms with E-state index in [9.17, 15) is 9.59 Å². The van der Waals surface area contributed by atoms with E-state index in [1.165, 1.54) is 0 Å². The number of rotatable bonds is 5. The number of amides is 1. The Morgan fingerprint density at radius 2 is 2.00 bits per heavy atom. The number of nitrogens with zero attached hydrogens (tertiary/aromatic N) is 4. The van der Waals surface area contributed by atoms with Crippen molar-refractivity contribution in [3.63, 3.8) is 0 Å². The summed E-state index contributed by atoms with van der Waals surface area (Å²) in [5.41, 5.74) is 3.59. The summed E-state index contributed by atoms with van der Waals surface area (Å²) < 4.78 is 12.7. The Balaban J connectivity index is 1.78. The van der Waals surface area contributed by atoms with Crippen molar-refractivity contribution in [1.29, 1.82) is 0 Å². The molecule has 5 rings (SSSR count). The van der Waals surface area contributed by atoms with Gasteiger partial charge in [-0.25, -0.2) is 0 Å². The van der Waals surface area contributed by atoms with Crippen LogP contribution in [0.15, 0.2) is 51.9 Å². The molecule has 4 aromatic rings. The molecule has 0 aliphatic carbocycles. The van der Waals surface area contributed by atoms with Crippen LogP contribution in [0.4, 0.5) is 0 Å². The van der Waals surface area contributed by atoms with E-state index in [-0.39, 0.29) is 23.6 Å². The second-order valence-electron chi connectivity index (χ2n) is 8.23. The van der Waals surface area contributed by atoms with Gasteiger partial charge in [0.1, 0.15) is 17.1 Å². The number of carbonyl (C=O) groups excluding carboxylic acids is 1. The maximum Gasteiger partial charge on any atom is 0.264 e. The maximum atomic E-state index is 13.5. The molecule has 1 aromatic carbocycles. The summed E-state index contributed by atoms with van der Waals surface area (Å²) in [5, 5.41) is 4.82. The zero-order chi connectivity index (χ0) is 23.1. The van der Waals surface area contributed by atoms with Crippen LogP contribution < -0.4 is 10.3 Å². The quantitative estimate of drug-likeness (QED) is 0.467. The second kappa shape index (κ2) is 8.20. The lowest BCUT2D eigenvalue weighted by atomic mass is 9.99. The molecule has 1 fully saturated rings. The molecule has 0 atom stereocenters. The number of aromatic nitrogens is 3. The second-order valence-corrected chi connectivity index (χ2v) is 8.23. The van der Waals surface area contributed by atoms with Gasteiger partial charge >= 0.3 is 0 Å². The molecule has 1 aliphatic heterocycles. The summed E-state index contributed by atoms with van der Waals surface area (Å²) >= 11 is 0. The molecule has 8 heteroatoms. The van der Waals surface area contributed by atoms with E-state index in [0.717, 1.165) is 34.3 Å². The SMILES string of the molecule is COc1cc2c(cc1-c1c(C)noc1C)cc(C(=O)N1CCC1)c(=O)n2Cc1ccccn1. The third kappa shape index (κ3) is 3.57. The van der Waals surface area contributed by atoms with Gasteiger partial charge in [-0.3, -0.25) is 14.6 Å². The number of fused-ring (bicyclic) bond motifs is 1. The number of likely N-dealkylation sites (tertiary alicyclic amines) is 1. The van der Waals surface area contributed by atoms with Gasteiger partial charge in [0.05, 0.1) is 36.1 Å². The van der Waals surface area contributed by atoms with E-state index >= 15 is 0 Å². The normalized spacial score (nSPS) is 13.2. The van der Waals surface area contributed by atoms with Crippen molar-refractivity contribution in [2.45, 2.75) is 26.8 Å². The summed E-state index contributed by atoms with van der Waals surface area (Å²) in [4.78, 5) is 32.7. The van der Waals surface area contributed by atoms with Crippen LogP contribution in [-0.4, -0.2) is 45.7 Å². The summed E-state index contributed by atoms with van der Waals surface area (Å²) in [6, 6.07) is 11.0. The summed E-state index contributed by atoms with van der Waals surface area (Å²) in [5.74, 6) is 1.02. The molecule has 3 aromatic heterocycles. The van der Waals surface area contributed by atoms with Crippen molar-refractivity contribution in [1.82, 2.24) is 19.6 Å². The molecule has 0 bridgehead atoms. The molecule has 4 heterocycles. The van der Waals surface area contributed by atoms with Crippen LogP contribution in [0, 0.1) is 13.8 Å². The van der Waals surface area contributed by atoms with Crippen LogP contribution in [0.3, 0.4) is 0 Å². The number of benzene rings is 1. The van der Waals surface area contributed by atoms with E-state index in [4.69, 9.17) is 9.26 Å². The largest absolute Gasteiger partial charge is 0.496 e. The zero-order valence-electron chi connectivity index (χ0n) is 18.8. The van der Waals surface area contributed by atoms with Gasteiger partial charge in [0.15, 0.2) is 0 Å². The molecule has 33 heavy (non-hydrogen) atoms. The highest BCUT2D eigenvalue weighted by Crippen LogP contribution is 2.37. The molecule has 1 amide bonds. The van der Waals surface area contributed by atoms with Crippen LogP contribution in [0.1, 0.15) is 33.9 Å². The lowest BCUT2D eigenvalue weighted by molar-refractivity contribution is 0.0649. The number of methoxy groups -OCH3 is 1. The van der Waals surface area contributed by atoms with Gasteiger partial charge in [0, 0.05) is 36.3 Å². The van der Waals surface area contributed by atoms with E-state index in [2.05, 4.69) is 10.1 Å². The van der Waals surface area contributed by atoms with Crippen LogP contribution in [-0.2, 0) is 6.54 Å². The number of ether oxygens (including phenoxy) is 1. The van der Waals surface area contributed by atoms with E-state index in [1.54, 1.807) is 28.8 Å². The number of aryl methyl sites for hydroxylation is 2. The number of carbonyl (C=O) groups is 1. The Bertz CT molecular complexity index is 1400. The summed E-state index contributed by atoms with van der Waals surface area (Å²) in [7, 11) is 1.59. The Morgan fingerprint density at radius 1 is 1.18 bits per heavy atom. The van der Waals surface area contributed by atoms with E-state index < -0.39 is 0 Å². The van der Waals surface area contributed by atoms with Gasteiger partial charge in [-0.2, -0.15) is 0 Å². The van der Waals surface area contributed by atoms with Gasteiger partial charge in [0.2, 0.25) is 0 Å². The first-order chi connectivity index (χ1) is 16.0. The lowest BCUT2D eigenvalue weighted by Gasteiger charge is -2.31. The molecule has 8 nitrogen and oxygen atoms in total. The predicted molar refractivity (Wildman–Crippen MR) is 124 cm³/mol. The van der Waals surface area contributed by atoms with Crippen LogP contribution >= 0.6 is 0 Å². The molecule has 168 valence electrons. The average molecular weight is 444 g/mol. The third-order valence-electron chi connectivity index (χ3n) is 6.14. The van der Waals surface area contributed by atoms with Gasteiger partial charge in [-0.15, -0.1) is 0 Å². The Morgan fingerprint density at radius 3 is 2.61 bits per heavy atom. The predicted octanol–water partition coefficient (Wildman–Crippen LogP) is 3.57. The van der Waals surface area contributed by atoms with Gasteiger partial charge < -0.3 is 18.7 Å². The minimum absolute atomic E-state index is 0.160. The first-order valence-corrected chi connectivity index (χ1v) is 10.9. The summed E-state index contributed by atoms with van der Waals surface area (Å²) in [6.45, 7) is 5.30. The van der Waals surface area contributed by atoms with E-state index in [0.29, 0.717) is 30.1 Å². The van der Waals surface area contributed by atoms with Crippen LogP contribution in [0.5, 0.6) is 5.75 Å². The molecular formula is C25H24N4O4. The Hall–Kier alpha value is -3.94. The fourth-order valence-corrected chi connectivity index (χ4v) is 4.29. The zero-order valence-corrected chi connectivity index (χ0v) is 18.8. The lowest BCUT2D eigenvalue weighted by Crippen LogP contribution is -2.44. The molecule has 0 N–H and O–H groups in total. The van der Waals surface area contributed by atoms with Crippen LogP contribution in [0.25, 0.3) is 22.0 Å². The third-order valence-corrected chi connectivity index (χ3v) is 6.14. The average Bonchev–Trinajstić information content (AvgIpc) is 3.12. The minimum atomic E-state index is -0.336. The molecule has 0 unspecified atom stereocenters. The number of hydrogen-bond donors (Lipinski definition) is 0. The van der Waals surface area contributed by atoms with Crippen molar-refractivity contribution in [2.75, 3.05) is 20.2 Å². The van der Waals surface area contributed by atoms with E-state index in [1.807, 2.05) is 44.2 Å². The molecule has 0 radical (unpaired) electrons. The fourth-order valence-electron chi connectivity index (χ4n) is 4.29. The van der Waals surface area contributed by atoms with Crippen molar-refractivity contribution < 1.29 is 14.1 Å². The van der Waals surface area contributed by atoms with Gasteiger partial charge in [-0.1, -0.05) is 11.2 Å². The standard InChI is InChI=1S/C25H24N4O4/c1-15-23(16(2)33-27-15)19-11-17-12-20(24(30)28-9-6-10-28)25(31)29(21(17)13-22(19)32-3)14-18-7-4-5-8-26-18/h4-5,7-8,11-13H,6,9-10,14H2,1-3H3. The highest BCUT2D eigenvalue weighted by Gasteiger charge is 2.26. The number of hydrogen-bond acceptors (Lipinski definition) is 6. The maximum absolute atomic E-state index is 13.5. The van der Waals surface area contributed by atoms with Crippen molar-refractivity contribution in [2.24, 2.45) is 0 Å². The topological polar surface area (TPSA) is 90.5 Å². The van der Waals surface area contributed by atoms with Crippen molar-refractivity contribution >= 4 is 16.8 Å². The van der Waals surface area contributed by atoms with Gasteiger partial charge in [0.25, 0.3) is 11.5 Å². The van der Waals surface area contributed by atoms with Crippen LogP contribution in [0.2, 0.25) is 0 Å². The van der Waals surface area contributed by atoms with Crippen molar-refractivity contribution in [3.8, 4) is 16.9 Å². The first-order valence-electron chi connectivity index (χ1n) is 10.9. The molecule has 0 spiro atoms. The molecule has 1 saturated heterocycles. The summed E-state index contributed by atoms with van der Waals surface area (Å²) in [6.07, 6.45) is 2.64. The Labute approximate surface area is 190 Å². The first kappa shape index (κ1) is 20.9. The number of pyridine rings is 2. The fraction of sp³-hybridized carbons (Fsp3) is 0.280. The Kier molecular flexibility index (Phi) is 5.20. The smallest absolute Gasteiger partial charge is 0.264 e. The molecule has 0 saturated carbocycles. The molecular weight excluding hydrogens is 420 g/mol. The van der Waals surface area contributed by atoms with Crippen molar-refractivity contribution in [3.05, 3.63) is 75.7 Å².